The molecule has 2 aliphatic heterocycles. The largest absolute Gasteiger partial charge is 0.446 e. The molecule has 33 heavy (non-hydrogen) atoms. The lowest BCUT2D eigenvalue weighted by molar-refractivity contribution is -0.131. The van der Waals surface area contributed by atoms with E-state index in [0.29, 0.717) is 30.5 Å². The normalized spacial score (nSPS) is 23.5. The molecule has 0 aliphatic carbocycles. The van der Waals surface area contributed by atoms with E-state index >= 15 is 0 Å². The standard InChI is InChI=1S/C23H31N7O3/c1-16-7-12-29(20(31)5-9-24)14-19(16)28(2)21-18-8-13-30(22(18)27-15-26-21)23(32)33-17-4-3-10-25-11-6-17/h8,13,15-17,19,25H,3-7,10-12,14H2,1-2H3/t16-,17?,19+/m1/s1. The third-order valence-corrected chi connectivity index (χ3v) is 6.78. The van der Waals surface area contributed by atoms with Crippen LogP contribution in [0.5, 0.6) is 0 Å². The molecule has 2 aliphatic rings. The van der Waals surface area contributed by atoms with Crippen molar-refractivity contribution in [2.45, 2.75) is 51.2 Å². The number of hydrogen-bond acceptors (Lipinski definition) is 8. The average molecular weight is 454 g/mol. The Hall–Kier alpha value is -3.19. The molecule has 3 atom stereocenters. The molecule has 0 spiro atoms. The smallest absolute Gasteiger partial charge is 0.419 e. The lowest BCUT2D eigenvalue weighted by Crippen LogP contribution is -2.52. The molecule has 0 bridgehead atoms. The summed E-state index contributed by atoms with van der Waals surface area (Å²) in [4.78, 5) is 37.9. The molecule has 4 rings (SSSR count). The van der Waals surface area contributed by atoms with E-state index in [-0.39, 0.29) is 24.5 Å². The molecule has 10 nitrogen and oxygen atoms in total. The van der Waals surface area contributed by atoms with Crippen molar-refractivity contribution in [2.24, 2.45) is 5.92 Å². The Morgan fingerprint density at radius 2 is 2.15 bits per heavy atom. The van der Waals surface area contributed by atoms with E-state index in [0.717, 1.165) is 44.2 Å². The zero-order chi connectivity index (χ0) is 23.4. The number of carbonyl (C=O) groups is 2. The number of nitrogens with one attached hydrogen (secondary N) is 1. The lowest BCUT2D eigenvalue weighted by Gasteiger charge is -2.42. The van der Waals surface area contributed by atoms with Gasteiger partial charge in [-0.1, -0.05) is 6.92 Å². The van der Waals surface area contributed by atoms with Crippen LogP contribution in [0.1, 0.15) is 39.0 Å². The minimum Gasteiger partial charge on any atom is -0.446 e. The van der Waals surface area contributed by atoms with Crippen LogP contribution in [0.3, 0.4) is 0 Å². The van der Waals surface area contributed by atoms with E-state index < -0.39 is 6.09 Å². The molecule has 2 aromatic heterocycles. The van der Waals surface area contributed by atoms with Gasteiger partial charge in [0.15, 0.2) is 5.65 Å². The van der Waals surface area contributed by atoms with Crippen molar-refractivity contribution >= 4 is 28.9 Å². The topological polar surface area (TPSA) is 116 Å². The second-order valence-electron chi connectivity index (χ2n) is 8.93. The third kappa shape index (κ3) is 4.93. The number of fused-ring (bicyclic) bond motifs is 1. The van der Waals surface area contributed by atoms with Crippen molar-refractivity contribution in [3.05, 3.63) is 18.6 Å². The summed E-state index contributed by atoms with van der Waals surface area (Å²) in [6.45, 7) is 5.14. The van der Waals surface area contributed by atoms with E-state index in [9.17, 15) is 9.59 Å². The maximum Gasteiger partial charge on any atom is 0.419 e. The van der Waals surface area contributed by atoms with Crippen LogP contribution in [-0.2, 0) is 9.53 Å². The van der Waals surface area contributed by atoms with Crippen molar-refractivity contribution in [3.63, 3.8) is 0 Å². The van der Waals surface area contributed by atoms with Crippen molar-refractivity contribution < 1.29 is 14.3 Å². The van der Waals surface area contributed by atoms with Crippen LogP contribution < -0.4 is 10.2 Å². The van der Waals surface area contributed by atoms with Gasteiger partial charge in [0.2, 0.25) is 5.91 Å². The fourth-order valence-corrected chi connectivity index (χ4v) is 4.79. The zero-order valence-corrected chi connectivity index (χ0v) is 19.2. The molecule has 176 valence electrons. The highest BCUT2D eigenvalue weighted by Crippen LogP contribution is 2.30. The first-order valence-corrected chi connectivity index (χ1v) is 11.6. The number of nitriles is 1. The molecule has 4 heterocycles. The van der Waals surface area contributed by atoms with Gasteiger partial charge in [-0.25, -0.2) is 19.3 Å². The highest BCUT2D eigenvalue weighted by Gasteiger charge is 2.33. The number of likely N-dealkylation sites (N-methyl/N-ethyl adjacent to an activating group) is 1. The van der Waals surface area contributed by atoms with Gasteiger partial charge >= 0.3 is 6.09 Å². The molecule has 2 fully saturated rings. The van der Waals surface area contributed by atoms with Crippen molar-refractivity contribution in [1.82, 2.24) is 24.8 Å². The molecule has 1 amide bonds. The molecule has 0 saturated carbocycles. The van der Waals surface area contributed by atoms with Gasteiger partial charge in [0.05, 0.1) is 17.5 Å². The average Bonchev–Trinajstić information content (AvgIpc) is 3.09. The van der Waals surface area contributed by atoms with Crippen LogP contribution in [0.25, 0.3) is 11.0 Å². The molecule has 2 aromatic rings. The number of carbonyl (C=O) groups excluding carboxylic acids is 2. The number of rotatable bonds is 4. The van der Waals surface area contributed by atoms with E-state index in [1.807, 2.05) is 19.2 Å². The Morgan fingerprint density at radius 1 is 1.30 bits per heavy atom. The summed E-state index contributed by atoms with van der Waals surface area (Å²) in [6.07, 6.45) is 5.98. The molecule has 10 heteroatoms. The lowest BCUT2D eigenvalue weighted by atomic mass is 9.92. The summed E-state index contributed by atoms with van der Waals surface area (Å²) in [5.74, 6) is 0.900. The van der Waals surface area contributed by atoms with Crippen molar-refractivity contribution in [2.75, 3.05) is 38.1 Å². The van der Waals surface area contributed by atoms with Crippen molar-refractivity contribution in [3.8, 4) is 6.07 Å². The molecule has 0 radical (unpaired) electrons. The Balaban J connectivity index is 1.54. The maximum atomic E-state index is 12.9. The van der Waals surface area contributed by atoms with Crippen LogP contribution >= 0.6 is 0 Å². The maximum absolute atomic E-state index is 12.9. The fourth-order valence-electron chi connectivity index (χ4n) is 4.79. The van der Waals surface area contributed by atoms with E-state index in [1.165, 1.54) is 10.9 Å². The second kappa shape index (κ2) is 10.2. The van der Waals surface area contributed by atoms with E-state index in [2.05, 4.69) is 27.1 Å². The van der Waals surface area contributed by atoms with Gasteiger partial charge in [-0.3, -0.25) is 4.79 Å². The fraction of sp³-hybridized carbons (Fsp3) is 0.609. The molecule has 1 unspecified atom stereocenters. The van der Waals surface area contributed by atoms with Crippen molar-refractivity contribution in [1.29, 1.82) is 5.26 Å². The summed E-state index contributed by atoms with van der Waals surface area (Å²) in [5, 5.41) is 13.0. The quantitative estimate of drug-likeness (QED) is 0.749. The van der Waals surface area contributed by atoms with E-state index in [4.69, 9.17) is 10.00 Å². The third-order valence-electron chi connectivity index (χ3n) is 6.78. The summed E-state index contributed by atoms with van der Waals surface area (Å²) < 4.78 is 7.20. The van der Waals surface area contributed by atoms with Crippen LogP contribution in [0, 0.1) is 17.2 Å². The number of ether oxygens (including phenoxy) is 1. The zero-order valence-electron chi connectivity index (χ0n) is 19.2. The summed E-state index contributed by atoms with van der Waals surface area (Å²) in [5.41, 5.74) is 0.504. The SMILES string of the molecule is C[C@@H]1CCN(C(=O)CC#N)C[C@@H]1N(C)c1ncnc2c1ccn2C(=O)OC1CCCNCC1. The minimum absolute atomic E-state index is 0.0354. The van der Waals surface area contributed by atoms with E-state index in [1.54, 1.807) is 11.1 Å². The first kappa shape index (κ1) is 23.0. The molecule has 1 N–H and O–H groups in total. The highest BCUT2D eigenvalue weighted by atomic mass is 16.6. The summed E-state index contributed by atoms with van der Waals surface area (Å²) >= 11 is 0. The predicted octanol–water partition coefficient (Wildman–Crippen LogP) is 2.14. The molecule has 0 aromatic carbocycles. The number of anilines is 1. The van der Waals surface area contributed by atoms with Crippen LogP contribution in [0.4, 0.5) is 10.6 Å². The molecule has 2 saturated heterocycles. The Bertz CT molecular complexity index is 1040. The Labute approximate surface area is 193 Å². The number of piperidine rings is 1. The first-order valence-electron chi connectivity index (χ1n) is 11.6. The number of hydrogen-bond donors (Lipinski definition) is 1. The predicted molar refractivity (Wildman–Crippen MR) is 123 cm³/mol. The van der Waals surface area contributed by atoms with Gasteiger partial charge in [-0.15, -0.1) is 0 Å². The van der Waals surface area contributed by atoms with Gasteiger partial charge < -0.3 is 19.9 Å². The summed E-state index contributed by atoms with van der Waals surface area (Å²) in [7, 11) is 1.95. The van der Waals surface area contributed by atoms with Crippen LogP contribution in [0.15, 0.2) is 18.6 Å². The Morgan fingerprint density at radius 3 is 2.97 bits per heavy atom. The first-order chi connectivity index (χ1) is 16.0. The minimum atomic E-state index is -0.427. The number of likely N-dealkylation sites (tertiary alicyclic amines) is 1. The Kier molecular flexibility index (Phi) is 7.08. The molecular weight excluding hydrogens is 422 g/mol. The highest BCUT2D eigenvalue weighted by molar-refractivity contribution is 5.93. The van der Waals surface area contributed by atoms with Gasteiger partial charge in [0, 0.05) is 26.3 Å². The monoisotopic (exact) mass is 453 g/mol. The molecular formula is C23H31N7O3. The number of nitrogens with zero attached hydrogens (tertiary/aromatic N) is 6. The second-order valence-corrected chi connectivity index (χ2v) is 8.93. The summed E-state index contributed by atoms with van der Waals surface area (Å²) in [6, 6.07) is 3.82. The van der Waals surface area contributed by atoms with Gasteiger partial charge in [-0.2, -0.15) is 5.26 Å². The van der Waals surface area contributed by atoms with Gasteiger partial charge in [0.25, 0.3) is 0 Å². The number of amides is 1. The van der Waals surface area contributed by atoms with Gasteiger partial charge in [0.1, 0.15) is 24.7 Å². The van der Waals surface area contributed by atoms with Crippen LogP contribution in [-0.4, -0.2) is 76.8 Å². The number of aromatic nitrogens is 3. The van der Waals surface area contributed by atoms with Crippen LogP contribution in [0.2, 0.25) is 0 Å². The van der Waals surface area contributed by atoms with Gasteiger partial charge in [-0.05, 0) is 50.8 Å².